The van der Waals surface area contributed by atoms with E-state index in [1.54, 1.807) is 24.3 Å². The van der Waals surface area contributed by atoms with Gasteiger partial charge in [-0.15, -0.1) is 6.42 Å². The summed E-state index contributed by atoms with van der Waals surface area (Å²) >= 11 is 0. The van der Waals surface area contributed by atoms with Gasteiger partial charge < -0.3 is 4.74 Å². The highest BCUT2D eigenvalue weighted by molar-refractivity contribution is 5.97. The van der Waals surface area contributed by atoms with Gasteiger partial charge in [-0.1, -0.05) is 18.1 Å². The Balaban J connectivity index is 2.90. The van der Waals surface area contributed by atoms with Crippen LogP contribution in [0.1, 0.15) is 15.9 Å². The monoisotopic (exact) mass is 174 g/mol. The van der Waals surface area contributed by atoms with Gasteiger partial charge in [0.2, 0.25) is 0 Å². The largest absolute Gasteiger partial charge is 0.377 e. The fourth-order valence-corrected chi connectivity index (χ4v) is 0.997. The second kappa shape index (κ2) is 4.44. The highest BCUT2D eigenvalue weighted by Crippen LogP contribution is 2.04. The first kappa shape index (κ1) is 9.50. The van der Waals surface area contributed by atoms with E-state index in [4.69, 9.17) is 11.2 Å². The van der Waals surface area contributed by atoms with E-state index in [1.807, 2.05) is 0 Å². The van der Waals surface area contributed by atoms with Crippen LogP contribution in [0.5, 0.6) is 0 Å². The minimum Gasteiger partial charge on any atom is -0.377 e. The van der Waals surface area contributed by atoms with Crippen LogP contribution < -0.4 is 0 Å². The molecule has 0 amide bonds. The van der Waals surface area contributed by atoms with E-state index in [-0.39, 0.29) is 12.4 Å². The highest BCUT2D eigenvalue weighted by atomic mass is 16.5. The predicted molar refractivity (Wildman–Crippen MR) is 50.6 cm³/mol. The lowest BCUT2D eigenvalue weighted by atomic mass is 10.1. The van der Waals surface area contributed by atoms with Crippen LogP contribution in [0.2, 0.25) is 0 Å². The summed E-state index contributed by atoms with van der Waals surface area (Å²) in [6.07, 6.45) is 5.20. The summed E-state index contributed by atoms with van der Waals surface area (Å²) in [7, 11) is 1.49. The standard InChI is InChI=1S/C11H10O2/c1-3-9-5-4-6-10(7-9)11(12)8-13-2/h1,4-7H,8H2,2H3. The third kappa shape index (κ3) is 2.43. The van der Waals surface area contributed by atoms with E-state index in [0.717, 1.165) is 0 Å². The number of carbonyl (C=O) groups excluding carboxylic acids is 1. The van der Waals surface area contributed by atoms with Crippen LogP contribution in [0.3, 0.4) is 0 Å². The number of carbonyl (C=O) groups is 1. The molecule has 66 valence electrons. The number of ether oxygens (including phenoxy) is 1. The molecule has 0 heterocycles. The molecule has 0 saturated carbocycles. The average molecular weight is 174 g/mol. The van der Waals surface area contributed by atoms with E-state index in [2.05, 4.69) is 5.92 Å². The first-order valence-electron chi connectivity index (χ1n) is 3.86. The number of benzene rings is 1. The van der Waals surface area contributed by atoms with Crippen LogP contribution in [0.25, 0.3) is 0 Å². The maximum Gasteiger partial charge on any atom is 0.188 e. The molecule has 0 saturated heterocycles. The van der Waals surface area contributed by atoms with Crippen molar-refractivity contribution in [2.75, 3.05) is 13.7 Å². The van der Waals surface area contributed by atoms with Crippen LogP contribution in [0.15, 0.2) is 24.3 Å². The molecule has 0 bridgehead atoms. The molecule has 0 radical (unpaired) electrons. The number of terminal acetylenes is 1. The van der Waals surface area contributed by atoms with Crippen molar-refractivity contribution in [3.05, 3.63) is 35.4 Å². The van der Waals surface area contributed by atoms with Crippen molar-refractivity contribution >= 4 is 5.78 Å². The van der Waals surface area contributed by atoms with E-state index < -0.39 is 0 Å². The van der Waals surface area contributed by atoms with Gasteiger partial charge in [-0.05, 0) is 12.1 Å². The lowest BCUT2D eigenvalue weighted by Gasteiger charge is -1.99. The molecular weight excluding hydrogens is 164 g/mol. The highest BCUT2D eigenvalue weighted by Gasteiger charge is 2.04. The zero-order chi connectivity index (χ0) is 9.68. The summed E-state index contributed by atoms with van der Waals surface area (Å²) in [6, 6.07) is 6.95. The van der Waals surface area contributed by atoms with E-state index >= 15 is 0 Å². The van der Waals surface area contributed by atoms with Gasteiger partial charge in [-0.2, -0.15) is 0 Å². The van der Waals surface area contributed by atoms with Crippen molar-refractivity contribution in [3.63, 3.8) is 0 Å². The molecule has 0 spiro atoms. The van der Waals surface area contributed by atoms with Gasteiger partial charge in [-0.25, -0.2) is 0 Å². The molecule has 0 aliphatic carbocycles. The predicted octanol–water partition coefficient (Wildman–Crippen LogP) is 1.50. The third-order valence-electron chi connectivity index (χ3n) is 1.63. The Morgan fingerprint density at radius 3 is 3.00 bits per heavy atom. The lowest BCUT2D eigenvalue weighted by Crippen LogP contribution is -2.06. The Bertz CT molecular complexity index is 347. The first-order chi connectivity index (χ1) is 6.27. The molecule has 1 aromatic carbocycles. The van der Waals surface area contributed by atoms with Crippen molar-refractivity contribution in [1.82, 2.24) is 0 Å². The quantitative estimate of drug-likeness (QED) is 0.512. The molecule has 2 nitrogen and oxygen atoms in total. The van der Waals surface area contributed by atoms with Gasteiger partial charge in [0.25, 0.3) is 0 Å². The molecule has 2 heteroatoms. The maximum absolute atomic E-state index is 11.3. The zero-order valence-corrected chi connectivity index (χ0v) is 7.41. The molecule has 1 aromatic rings. The molecule has 0 aliphatic heterocycles. The summed E-state index contributed by atoms with van der Waals surface area (Å²) in [6.45, 7) is 0.0913. The number of ketones is 1. The zero-order valence-electron chi connectivity index (χ0n) is 7.41. The van der Waals surface area contributed by atoms with Gasteiger partial charge >= 0.3 is 0 Å². The van der Waals surface area contributed by atoms with E-state index in [0.29, 0.717) is 11.1 Å². The van der Waals surface area contributed by atoms with Crippen LogP contribution >= 0.6 is 0 Å². The van der Waals surface area contributed by atoms with Crippen LogP contribution in [-0.4, -0.2) is 19.5 Å². The van der Waals surface area contributed by atoms with E-state index in [1.165, 1.54) is 7.11 Å². The van der Waals surface area contributed by atoms with E-state index in [9.17, 15) is 4.79 Å². The van der Waals surface area contributed by atoms with Crippen molar-refractivity contribution in [2.24, 2.45) is 0 Å². The third-order valence-corrected chi connectivity index (χ3v) is 1.63. The van der Waals surface area contributed by atoms with Crippen molar-refractivity contribution in [3.8, 4) is 12.3 Å². The van der Waals surface area contributed by atoms with Crippen LogP contribution in [0, 0.1) is 12.3 Å². The minimum atomic E-state index is -0.0559. The Hall–Kier alpha value is -1.59. The summed E-state index contributed by atoms with van der Waals surface area (Å²) in [4.78, 5) is 11.3. The second-order valence-electron chi connectivity index (χ2n) is 2.58. The molecule has 13 heavy (non-hydrogen) atoms. The van der Waals surface area contributed by atoms with Gasteiger partial charge in [0.05, 0.1) is 0 Å². The summed E-state index contributed by atoms with van der Waals surface area (Å²) in [5.74, 6) is 2.42. The fraction of sp³-hybridized carbons (Fsp3) is 0.182. The molecule has 1 rings (SSSR count). The summed E-state index contributed by atoms with van der Waals surface area (Å²) in [5, 5.41) is 0. The SMILES string of the molecule is C#Cc1cccc(C(=O)COC)c1. The molecule has 0 aromatic heterocycles. The first-order valence-corrected chi connectivity index (χ1v) is 3.86. The maximum atomic E-state index is 11.3. The minimum absolute atomic E-state index is 0.0559. The summed E-state index contributed by atoms with van der Waals surface area (Å²) < 4.78 is 4.73. The van der Waals surface area contributed by atoms with Crippen molar-refractivity contribution in [2.45, 2.75) is 0 Å². The lowest BCUT2D eigenvalue weighted by molar-refractivity contribution is 0.0848. The number of rotatable bonds is 3. The number of hydrogen-bond acceptors (Lipinski definition) is 2. The average Bonchev–Trinajstić information content (AvgIpc) is 2.18. The number of hydrogen-bond donors (Lipinski definition) is 0. The summed E-state index contributed by atoms with van der Waals surface area (Å²) in [5.41, 5.74) is 1.30. The van der Waals surface area contributed by atoms with Gasteiger partial charge in [0.1, 0.15) is 6.61 Å². The van der Waals surface area contributed by atoms with Crippen LogP contribution in [0.4, 0.5) is 0 Å². The Kier molecular flexibility index (Phi) is 3.24. The molecule has 0 atom stereocenters. The smallest absolute Gasteiger partial charge is 0.188 e. The fourth-order valence-electron chi connectivity index (χ4n) is 0.997. The molecule has 0 aliphatic rings. The molecular formula is C11H10O2. The Morgan fingerprint density at radius 1 is 1.62 bits per heavy atom. The normalized spacial score (nSPS) is 9.23. The van der Waals surface area contributed by atoms with Gasteiger partial charge in [-0.3, -0.25) is 4.79 Å². The van der Waals surface area contributed by atoms with Crippen molar-refractivity contribution < 1.29 is 9.53 Å². The Morgan fingerprint density at radius 2 is 2.38 bits per heavy atom. The molecule has 0 N–H and O–H groups in total. The van der Waals surface area contributed by atoms with Crippen LogP contribution in [-0.2, 0) is 4.74 Å². The second-order valence-corrected chi connectivity index (χ2v) is 2.58. The number of methoxy groups -OCH3 is 1. The Labute approximate surface area is 77.5 Å². The van der Waals surface area contributed by atoms with Crippen molar-refractivity contribution in [1.29, 1.82) is 0 Å². The van der Waals surface area contributed by atoms with Gasteiger partial charge in [0, 0.05) is 18.2 Å². The topological polar surface area (TPSA) is 26.3 Å². The number of Topliss-reactive ketones (excluding diaryl/α,β-unsaturated/α-hetero) is 1. The molecule has 0 unspecified atom stereocenters. The molecule has 0 fully saturated rings. The van der Waals surface area contributed by atoms with Gasteiger partial charge in [0.15, 0.2) is 5.78 Å².